The Balaban J connectivity index is 1.43. The van der Waals surface area contributed by atoms with E-state index in [1.54, 1.807) is 0 Å². The largest absolute Gasteiger partial charge is 0.469 e. The number of aromatic nitrogens is 1. The number of hydrogen-bond donors (Lipinski definition) is 2. The van der Waals surface area contributed by atoms with Gasteiger partial charge in [-0.1, -0.05) is 48.5 Å². The summed E-state index contributed by atoms with van der Waals surface area (Å²) in [6.45, 7) is 4.19. The van der Waals surface area contributed by atoms with Crippen molar-refractivity contribution in [3.63, 3.8) is 0 Å². The summed E-state index contributed by atoms with van der Waals surface area (Å²) >= 11 is 0. The molecule has 0 bridgehead atoms. The van der Waals surface area contributed by atoms with Crippen LogP contribution in [0.1, 0.15) is 46.7 Å². The maximum Gasteiger partial charge on any atom is 0.310 e. The number of fused-ring (bicyclic) bond motifs is 1. The molecule has 2 N–H and O–H groups in total. The van der Waals surface area contributed by atoms with Gasteiger partial charge < -0.3 is 19.9 Å². The minimum absolute atomic E-state index is 0.0498. The van der Waals surface area contributed by atoms with Crippen LogP contribution in [0.15, 0.2) is 72.9 Å². The van der Waals surface area contributed by atoms with Gasteiger partial charge in [-0.25, -0.2) is 0 Å². The molecule has 0 radical (unpaired) electrons. The zero-order valence-electron chi connectivity index (χ0n) is 21.4. The Bertz CT molecular complexity index is 1400. The van der Waals surface area contributed by atoms with Gasteiger partial charge in [0, 0.05) is 41.4 Å². The normalized spacial score (nSPS) is 14.1. The van der Waals surface area contributed by atoms with Crippen LogP contribution in [0.5, 0.6) is 0 Å². The molecule has 1 aromatic heterocycles. The van der Waals surface area contributed by atoms with Crippen LogP contribution < -0.4 is 10.2 Å². The monoisotopic (exact) mass is 495 g/mol. The number of aryl methyl sites for hydroxylation is 1. The maximum atomic E-state index is 13.4. The van der Waals surface area contributed by atoms with Gasteiger partial charge in [0.2, 0.25) is 5.91 Å². The van der Waals surface area contributed by atoms with Crippen LogP contribution in [0.3, 0.4) is 0 Å². The Morgan fingerprint density at radius 3 is 2.54 bits per heavy atom. The molecule has 1 fully saturated rings. The highest BCUT2D eigenvalue weighted by molar-refractivity contribution is 5.89. The van der Waals surface area contributed by atoms with Crippen LogP contribution >= 0.6 is 0 Å². The molecular formula is C31H33N3O3. The van der Waals surface area contributed by atoms with Gasteiger partial charge in [0.05, 0.1) is 26.0 Å². The third-order valence-electron chi connectivity index (χ3n) is 7.14. The number of H-pyrrole nitrogens is 1. The van der Waals surface area contributed by atoms with Crippen LogP contribution in [0, 0.1) is 6.92 Å². The number of hydrogen-bond acceptors (Lipinski definition) is 4. The number of carbonyl (C=O) groups is 2. The smallest absolute Gasteiger partial charge is 0.310 e. The quantitative estimate of drug-likeness (QED) is 0.328. The number of carbonyl (C=O) groups excluding carboxylic acids is 2. The van der Waals surface area contributed by atoms with Gasteiger partial charge in [0.15, 0.2) is 0 Å². The first-order valence-electron chi connectivity index (χ1n) is 12.9. The van der Waals surface area contributed by atoms with Crippen molar-refractivity contribution in [1.82, 2.24) is 10.3 Å². The van der Waals surface area contributed by atoms with Crippen molar-refractivity contribution < 1.29 is 14.3 Å². The van der Waals surface area contributed by atoms with Gasteiger partial charge in [-0.15, -0.1) is 0 Å². The number of aromatic amines is 1. The first-order chi connectivity index (χ1) is 18.0. The molecule has 1 aliphatic heterocycles. The van der Waals surface area contributed by atoms with Gasteiger partial charge in [-0.2, -0.15) is 0 Å². The van der Waals surface area contributed by atoms with Crippen LogP contribution in [-0.4, -0.2) is 37.1 Å². The van der Waals surface area contributed by atoms with Crippen molar-refractivity contribution in [2.45, 2.75) is 38.6 Å². The summed E-state index contributed by atoms with van der Waals surface area (Å²) in [6.07, 6.45) is 4.64. The molecule has 0 saturated carbocycles. The summed E-state index contributed by atoms with van der Waals surface area (Å²) in [4.78, 5) is 30.9. The Morgan fingerprint density at radius 2 is 1.78 bits per heavy atom. The third-order valence-corrected chi connectivity index (χ3v) is 7.14. The van der Waals surface area contributed by atoms with E-state index in [1.807, 2.05) is 42.6 Å². The Hall–Kier alpha value is -4.06. The Labute approximate surface area is 217 Å². The highest BCUT2D eigenvalue weighted by atomic mass is 16.5. The van der Waals surface area contributed by atoms with E-state index in [0.717, 1.165) is 46.2 Å². The second-order valence-electron chi connectivity index (χ2n) is 9.79. The van der Waals surface area contributed by atoms with E-state index < -0.39 is 0 Å². The summed E-state index contributed by atoms with van der Waals surface area (Å²) in [5, 5.41) is 4.27. The van der Waals surface area contributed by atoms with Crippen LogP contribution in [-0.2, 0) is 27.2 Å². The van der Waals surface area contributed by atoms with Gasteiger partial charge in [0.1, 0.15) is 0 Å². The molecule has 1 saturated heterocycles. The average molecular weight is 496 g/mol. The second kappa shape index (κ2) is 10.9. The summed E-state index contributed by atoms with van der Waals surface area (Å²) in [5.74, 6) is -0.340. The molecule has 0 aliphatic carbocycles. The minimum atomic E-state index is -0.290. The average Bonchev–Trinajstić information content (AvgIpc) is 3.59. The lowest BCUT2D eigenvalue weighted by Gasteiger charge is -2.28. The molecule has 3 aromatic carbocycles. The van der Waals surface area contributed by atoms with Crippen LogP contribution in [0.2, 0.25) is 0 Å². The molecule has 1 amide bonds. The summed E-state index contributed by atoms with van der Waals surface area (Å²) in [7, 11) is 1.39. The van der Waals surface area contributed by atoms with Crippen molar-refractivity contribution in [2.24, 2.45) is 0 Å². The van der Waals surface area contributed by atoms with E-state index in [1.165, 1.54) is 31.2 Å². The van der Waals surface area contributed by atoms with E-state index in [-0.39, 0.29) is 30.8 Å². The first kappa shape index (κ1) is 24.6. The molecule has 0 spiro atoms. The predicted octanol–water partition coefficient (Wildman–Crippen LogP) is 5.24. The molecule has 5 rings (SSSR count). The van der Waals surface area contributed by atoms with Crippen molar-refractivity contribution in [3.05, 3.63) is 101 Å². The highest BCUT2D eigenvalue weighted by Gasteiger charge is 2.24. The fraction of sp³-hybridized carbons (Fsp3) is 0.290. The molecule has 1 aliphatic rings. The lowest BCUT2D eigenvalue weighted by atomic mass is 9.95. The van der Waals surface area contributed by atoms with Crippen molar-refractivity contribution in [3.8, 4) is 0 Å². The highest BCUT2D eigenvalue weighted by Crippen LogP contribution is 2.34. The number of esters is 1. The molecule has 6 nitrogen and oxygen atoms in total. The second-order valence-corrected chi connectivity index (χ2v) is 9.79. The van der Waals surface area contributed by atoms with Crippen LogP contribution in [0.4, 0.5) is 5.69 Å². The number of nitrogens with one attached hydrogen (secondary N) is 2. The van der Waals surface area contributed by atoms with Gasteiger partial charge in [-0.3, -0.25) is 9.59 Å². The fourth-order valence-corrected chi connectivity index (χ4v) is 5.22. The molecule has 190 valence electrons. The van der Waals surface area contributed by atoms with Crippen molar-refractivity contribution in [1.29, 1.82) is 0 Å². The SMILES string of the molecule is COC(=O)Cc1c[nH]c2ccc(CC(=O)NC(c3ccccc3)c3ccc(C)cc3N3CCCC3)cc12. The number of amides is 1. The molecule has 1 unspecified atom stereocenters. The van der Waals surface area contributed by atoms with E-state index in [2.05, 4.69) is 52.5 Å². The molecule has 6 heteroatoms. The summed E-state index contributed by atoms with van der Waals surface area (Å²) < 4.78 is 4.83. The molecular weight excluding hydrogens is 462 g/mol. The zero-order valence-corrected chi connectivity index (χ0v) is 21.4. The Kier molecular flexibility index (Phi) is 7.26. The van der Waals surface area contributed by atoms with E-state index in [0.29, 0.717) is 0 Å². The topological polar surface area (TPSA) is 74.4 Å². The molecule has 1 atom stereocenters. The predicted molar refractivity (Wildman–Crippen MR) is 147 cm³/mol. The Morgan fingerprint density at radius 1 is 1.00 bits per heavy atom. The number of ether oxygens (including phenoxy) is 1. The first-order valence-corrected chi connectivity index (χ1v) is 12.9. The summed E-state index contributed by atoms with van der Waals surface area (Å²) in [6, 6.07) is 22.3. The zero-order chi connectivity index (χ0) is 25.8. The summed E-state index contributed by atoms with van der Waals surface area (Å²) in [5.41, 5.74) is 7.28. The lowest BCUT2D eigenvalue weighted by molar-refractivity contribution is -0.139. The molecule has 4 aromatic rings. The van der Waals surface area contributed by atoms with E-state index >= 15 is 0 Å². The van der Waals surface area contributed by atoms with Gasteiger partial charge in [0.25, 0.3) is 0 Å². The minimum Gasteiger partial charge on any atom is -0.469 e. The maximum absolute atomic E-state index is 13.4. The number of benzene rings is 3. The number of nitrogens with zero attached hydrogens (tertiary/aromatic N) is 1. The van der Waals surface area contributed by atoms with Crippen molar-refractivity contribution in [2.75, 3.05) is 25.1 Å². The number of rotatable bonds is 8. The molecule has 37 heavy (non-hydrogen) atoms. The van der Waals surface area contributed by atoms with Crippen molar-refractivity contribution >= 4 is 28.5 Å². The van der Waals surface area contributed by atoms with Gasteiger partial charge >= 0.3 is 5.97 Å². The van der Waals surface area contributed by atoms with Gasteiger partial charge in [-0.05, 0) is 60.2 Å². The number of anilines is 1. The molecule has 2 heterocycles. The lowest BCUT2D eigenvalue weighted by Crippen LogP contribution is -2.32. The fourth-order valence-electron chi connectivity index (χ4n) is 5.22. The van der Waals surface area contributed by atoms with Crippen LogP contribution in [0.25, 0.3) is 10.9 Å². The van der Waals surface area contributed by atoms with E-state index in [9.17, 15) is 9.59 Å². The number of methoxy groups -OCH3 is 1. The third kappa shape index (κ3) is 5.53. The van der Waals surface area contributed by atoms with E-state index in [4.69, 9.17) is 4.74 Å². The standard InChI is InChI=1S/C31H33N3O3/c1-21-10-12-25(28(16-21)34-14-6-7-15-34)31(23-8-4-3-5-9-23)33-29(35)18-22-11-13-27-26(17-22)24(20-32-27)19-30(36)37-2/h3-5,8-13,16-17,20,31-32H,6-7,14-15,18-19H2,1-2H3,(H,33,35).